The van der Waals surface area contributed by atoms with Gasteiger partial charge >= 0.3 is 6.18 Å². The summed E-state index contributed by atoms with van der Waals surface area (Å²) in [5.74, 6) is -0.665. The molecule has 11 heteroatoms. The fourth-order valence-corrected chi connectivity index (χ4v) is 4.79. The third-order valence-electron chi connectivity index (χ3n) is 4.90. The SMILES string of the molecule is CCOc1ccc(S(=O)(=O)NC(Cc2ccccc2)C(=O)Nc2ccccc2C(F)(F)F)cc1Cl. The molecule has 3 aromatic carbocycles. The monoisotopic (exact) mass is 526 g/mol. The minimum Gasteiger partial charge on any atom is -0.492 e. The quantitative estimate of drug-likeness (QED) is 0.397. The number of rotatable bonds is 9. The van der Waals surface area contributed by atoms with E-state index >= 15 is 0 Å². The fourth-order valence-electron chi connectivity index (χ4n) is 3.27. The van der Waals surface area contributed by atoms with Crippen LogP contribution in [0.5, 0.6) is 5.75 Å². The maximum Gasteiger partial charge on any atom is 0.418 e. The second-order valence-electron chi connectivity index (χ2n) is 7.42. The number of hydrogen-bond donors (Lipinski definition) is 2. The van der Waals surface area contributed by atoms with Gasteiger partial charge in [-0.3, -0.25) is 4.79 Å². The van der Waals surface area contributed by atoms with Crippen molar-refractivity contribution in [1.82, 2.24) is 4.72 Å². The Morgan fingerprint density at radius 1 is 1.03 bits per heavy atom. The van der Waals surface area contributed by atoms with E-state index in [0.29, 0.717) is 12.2 Å². The molecule has 0 fully saturated rings. The minimum atomic E-state index is -4.71. The molecule has 1 atom stereocenters. The van der Waals surface area contributed by atoms with Crippen molar-refractivity contribution >= 4 is 33.2 Å². The molecule has 3 aromatic rings. The highest BCUT2D eigenvalue weighted by Crippen LogP contribution is 2.34. The van der Waals surface area contributed by atoms with Crippen LogP contribution in [0.1, 0.15) is 18.1 Å². The first-order valence-electron chi connectivity index (χ1n) is 10.5. The zero-order valence-electron chi connectivity index (χ0n) is 18.5. The molecule has 2 N–H and O–H groups in total. The average Bonchev–Trinajstić information content (AvgIpc) is 2.80. The third kappa shape index (κ3) is 6.97. The number of anilines is 1. The Labute approximate surface area is 206 Å². The van der Waals surface area contributed by atoms with Crippen LogP contribution in [0.2, 0.25) is 5.02 Å². The van der Waals surface area contributed by atoms with Gasteiger partial charge in [-0.2, -0.15) is 17.9 Å². The number of nitrogens with one attached hydrogen (secondary N) is 2. The molecule has 0 spiro atoms. The lowest BCUT2D eigenvalue weighted by Crippen LogP contribution is -2.45. The van der Waals surface area contributed by atoms with E-state index in [1.54, 1.807) is 37.3 Å². The number of sulfonamides is 1. The summed E-state index contributed by atoms with van der Waals surface area (Å²) >= 11 is 6.11. The van der Waals surface area contributed by atoms with Gasteiger partial charge in [0.15, 0.2) is 0 Å². The average molecular weight is 527 g/mol. The van der Waals surface area contributed by atoms with Gasteiger partial charge in [0.25, 0.3) is 0 Å². The minimum absolute atomic E-state index is 0.0536. The van der Waals surface area contributed by atoms with Gasteiger partial charge in [-0.25, -0.2) is 8.42 Å². The highest BCUT2D eigenvalue weighted by Gasteiger charge is 2.34. The summed E-state index contributed by atoms with van der Waals surface area (Å²) in [7, 11) is -4.28. The van der Waals surface area contributed by atoms with E-state index in [-0.39, 0.29) is 22.1 Å². The largest absolute Gasteiger partial charge is 0.492 e. The van der Waals surface area contributed by atoms with E-state index in [0.717, 1.165) is 12.1 Å². The molecular formula is C24H22ClF3N2O4S. The van der Waals surface area contributed by atoms with Crippen molar-refractivity contribution in [1.29, 1.82) is 0 Å². The van der Waals surface area contributed by atoms with Crippen molar-refractivity contribution in [3.05, 3.63) is 88.9 Å². The van der Waals surface area contributed by atoms with Crippen LogP contribution in [0.15, 0.2) is 77.7 Å². The van der Waals surface area contributed by atoms with E-state index in [1.807, 2.05) is 0 Å². The first-order valence-corrected chi connectivity index (χ1v) is 12.3. The zero-order chi connectivity index (χ0) is 25.6. The molecule has 0 heterocycles. The normalized spacial score (nSPS) is 12.7. The molecule has 0 aliphatic rings. The number of benzene rings is 3. The lowest BCUT2D eigenvalue weighted by molar-refractivity contribution is -0.137. The van der Waals surface area contributed by atoms with Gasteiger partial charge in [0.2, 0.25) is 15.9 Å². The molecule has 1 unspecified atom stereocenters. The zero-order valence-corrected chi connectivity index (χ0v) is 20.0. The number of halogens is 4. The number of carbonyl (C=O) groups is 1. The van der Waals surface area contributed by atoms with Gasteiger partial charge < -0.3 is 10.1 Å². The molecule has 3 rings (SSSR count). The van der Waals surface area contributed by atoms with Crippen molar-refractivity contribution in [2.45, 2.75) is 30.5 Å². The predicted molar refractivity (Wildman–Crippen MR) is 127 cm³/mol. The number of para-hydroxylation sites is 1. The Kier molecular flexibility index (Phi) is 8.42. The number of carbonyl (C=O) groups excluding carboxylic acids is 1. The fraction of sp³-hybridized carbons (Fsp3) is 0.208. The van der Waals surface area contributed by atoms with Crippen LogP contribution in [-0.2, 0) is 27.4 Å². The number of alkyl halides is 3. The Morgan fingerprint density at radius 3 is 2.31 bits per heavy atom. The van der Waals surface area contributed by atoms with Crippen LogP contribution in [0, 0.1) is 0 Å². The van der Waals surface area contributed by atoms with Crippen molar-refractivity contribution in [2.75, 3.05) is 11.9 Å². The van der Waals surface area contributed by atoms with Gasteiger partial charge in [-0.05, 0) is 49.2 Å². The van der Waals surface area contributed by atoms with Crippen LogP contribution in [-0.4, -0.2) is 27.0 Å². The smallest absolute Gasteiger partial charge is 0.418 e. The Balaban J connectivity index is 1.92. The van der Waals surface area contributed by atoms with Crippen molar-refractivity contribution in [2.24, 2.45) is 0 Å². The maximum absolute atomic E-state index is 13.4. The summed E-state index contributed by atoms with van der Waals surface area (Å²) in [5.41, 5.74) is -0.927. The van der Waals surface area contributed by atoms with Crippen molar-refractivity contribution < 1.29 is 31.1 Å². The summed E-state index contributed by atoms with van der Waals surface area (Å²) in [6.07, 6.45) is -4.82. The Hall–Kier alpha value is -3.08. The van der Waals surface area contributed by atoms with Gasteiger partial charge in [0.05, 0.1) is 27.8 Å². The van der Waals surface area contributed by atoms with Crippen LogP contribution in [0.25, 0.3) is 0 Å². The van der Waals surface area contributed by atoms with Gasteiger partial charge in [-0.15, -0.1) is 0 Å². The van der Waals surface area contributed by atoms with Crippen molar-refractivity contribution in [3.8, 4) is 5.75 Å². The molecule has 0 saturated carbocycles. The second kappa shape index (κ2) is 11.1. The van der Waals surface area contributed by atoms with Crippen LogP contribution in [0.4, 0.5) is 18.9 Å². The van der Waals surface area contributed by atoms with E-state index in [9.17, 15) is 26.4 Å². The molecule has 0 saturated heterocycles. The summed E-state index contributed by atoms with van der Waals surface area (Å²) in [6, 6.07) is 15.3. The van der Waals surface area contributed by atoms with E-state index in [1.165, 1.54) is 30.3 Å². The van der Waals surface area contributed by atoms with Gasteiger partial charge in [0, 0.05) is 0 Å². The molecule has 186 valence electrons. The first-order chi connectivity index (χ1) is 16.5. The highest BCUT2D eigenvalue weighted by molar-refractivity contribution is 7.89. The Morgan fingerprint density at radius 2 is 1.69 bits per heavy atom. The first kappa shape index (κ1) is 26.5. The lowest BCUT2D eigenvalue weighted by atomic mass is 10.1. The van der Waals surface area contributed by atoms with E-state index in [2.05, 4.69) is 10.0 Å². The van der Waals surface area contributed by atoms with E-state index < -0.39 is 39.4 Å². The molecule has 0 aliphatic heterocycles. The molecule has 6 nitrogen and oxygen atoms in total. The maximum atomic E-state index is 13.4. The molecule has 0 bridgehead atoms. The predicted octanol–water partition coefficient (Wildman–Crippen LogP) is 5.29. The topological polar surface area (TPSA) is 84.5 Å². The molecule has 0 radical (unpaired) electrons. The number of ether oxygens (including phenoxy) is 1. The number of hydrogen-bond acceptors (Lipinski definition) is 4. The summed E-state index contributed by atoms with van der Waals surface area (Å²) in [6.45, 7) is 2.06. The van der Waals surface area contributed by atoms with Gasteiger partial charge in [0.1, 0.15) is 11.8 Å². The van der Waals surface area contributed by atoms with Crippen LogP contribution < -0.4 is 14.8 Å². The second-order valence-corrected chi connectivity index (χ2v) is 9.54. The molecule has 35 heavy (non-hydrogen) atoms. The van der Waals surface area contributed by atoms with Crippen LogP contribution in [0.3, 0.4) is 0 Å². The lowest BCUT2D eigenvalue weighted by Gasteiger charge is -2.20. The van der Waals surface area contributed by atoms with E-state index in [4.69, 9.17) is 16.3 Å². The highest BCUT2D eigenvalue weighted by atomic mass is 35.5. The van der Waals surface area contributed by atoms with Crippen molar-refractivity contribution in [3.63, 3.8) is 0 Å². The molecular weight excluding hydrogens is 505 g/mol. The standard InChI is InChI=1S/C24H22ClF3N2O4S/c1-2-34-22-13-12-17(15-19(22)25)35(32,33)30-21(14-16-8-4-3-5-9-16)23(31)29-20-11-7-6-10-18(20)24(26,27)28/h3-13,15,21,30H,2,14H2,1H3,(H,29,31). The Bertz CT molecular complexity index is 1290. The van der Waals surface area contributed by atoms with Gasteiger partial charge in [-0.1, -0.05) is 54.1 Å². The summed E-state index contributed by atoms with van der Waals surface area (Å²) in [5, 5.41) is 2.27. The third-order valence-corrected chi connectivity index (χ3v) is 6.67. The molecule has 0 aromatic heterocycles. The molecule has 0 aliphatic carbocycles. The summed E-state index contributed by atoms with van der Waals surface area (Å²) < 4.78 is 73.9. The molecule has 1 amide bonds. The van der Waals surface area contributed by atoms with Crippen LogP contribution >= 0.6 is 11.6 Å². The number of amides is 1. The summed E-state index contributed by atoms with van der Waals surface area (Å²) in [4.78, 5) is 12.8.